The van der Waals surface area contributed by atoms with E-state index < -0.39 is 24.8 Å². The largest absolute Gasteiger partial charge is 0.401 e. The van der Waals surface area contributed by atoms with Crippen molar-refractivity contribution in [3.05, 3.63) is 34.9 Å². The fourth-order valence-corrected chi connectivity index (χ4v) is 2.56. The first-order valence-electron chi connectivity index (χ1n) is 6.71. The quantitative estimate of drug-likeness (QED) is 0.810. The van der Waals surface area contributed by atoms with E-state index in [1.54, 1.807) is 31.2 Å². The molecule has 0 heterocycles. The Morgan fingerprint density at radius 3 is 2.43 bits per heavy atom. The summed E-state index contributed by atoms with van der Waals surface area (Å²) in [5, 5.41) is 9.44. The summed E-state index contributed by atoms with van der Waals surface area (Å²) in [5.74, 6) is 0. The molecule has 2 atom stereocenters. The Morgan fingerprint density at radius 1 is 1.33 bits per heavy atom. The average Bonchev–Trinajstić information content (AvgIpc) is 2.39. The predicted octanol–water partition coefficient (Wildman–Crippen LogP) is 2.98. The Hall–Kier alpha value is -0.820. The summed E-state index contributed by atoms with van der Waals surface area (Å²) in [7, 11) is 0. The molecule has 0 aliphatic heterocycles. The van der Waals surface area contributed by atoms with E-state index in [2.05, 4.69) is 0 Å². The van der Waals surface area contributed by atoms with Crippen LogP contribution >= 0.6 is 11.6 Å². The summed E-state index contributed by atoms with van der Waals surface area (Å²) in [4.78, 5) is 1.13. The lowest BCUT2D eigenvalue weighted by Gasteiger charge is -2.36. The number of benzene rings is 1. The van der Waals surface area contributed by atoms with Gasteiger partial charge in [0, 0.05) is 17.6 Å². The molecular weight excluding hydrogens is 305 g/mol. The van der Waals surface area contributed by atoms with Crippen LogP contribution in [0, 0.1) is 0 Å². The van der Waals surface area contributed by atoms with Crippen molar-refractivity contribution < 1.29 is 18.3 Å². The standard InChI is InChI=1S/C14H20ClF3N2O/c1-2-12(19)13(10-5-3-4-6-11(10)15)20(7-8-21)9-14(16,17)18/h3-6,12-13,21H,2,7-9,19H2,1H3. The maximum absolute atomic E-state index is 12.8. The first kappa shape index (κ1) is 18.2. The summed E-state index contributed by atoms with van der Waals surface area (Å²) >= 11 is 6.11. The Balaban J connectivity index is 3.17. The van der Waals surface area contributed by atoms with Gasteiger partial charge in [-0.25, -0.2) is 0 Å². The van der Waals surface area contributed by atoms with Crippen LogP contribution in [0.4, 0.5) is 13.2 Å². The van der Waals surface area contributed by atoms with E-state index >= 15 is 0 Å². The van der Waals surface area contributed by atoms with Gasteiger partial charge in [0.2, 0.25) is 0 Å². The highest BCUT2D eigenvalue weighted by molar-refractivity contribution is 6.31. The number of rotatable bonds is 7. The van der Waals surface area contributed by atoms with Crippen LogP contribution in [0.1, 0.15) is 24.9 Å². The van der Waals surface area contributed by atoms with Crippen molar-refractivity contribution in [3.8, 4) is 0 Å². The monoisotopic (exact) mass is 324 g/mol. The summed E-state index contributed by atoms with van der Waals surface area (Å²) in [5.41, 5.74) is 6.57. The highest BCUT2D eigenvalue weighted by Crippen LogP contribution is 2.32. The third-order valence-electron chi connectivity index (χ3n) is 3.26. The molecule has 1 aromatic carbocycles. The number of alkyl halides is 3. The average molecular weight is 325 g/mol. The van der Waals surface area contributed by atoms with Gasteiger partial charge in [-0.3, -0.25) is 4.90 Å². The van der Waals surface area contributed by atoms with Crippen LogP contribution in [0.3, 0.4) is 0 Å². The maximum Gasteiger partial charge on any atom is 0.401 e. The van der Waals surface area contributed by atoms with E-state index in [0.29, 0.717) is 17.0 Å². The van der Waals surface area contributed by atoms with Gasteiger partial charge in [-0.05, 0) is 18.1 Å². The third kappa shape index (κ3) is 5.47. The van der Waals surface area contributed by atoms with Crippen molar-refractivity contribution in [2.75, 3.05) is 19.7 Å². The minimum absolute atomic E-state index is 0.122. The first-order valence-corrected chi connectivity index (χ1v) is 7.09. The van der Waals surface area contributed by atoms with Gasteiger partial charge in [0.1, 0.15) is 0 Å². The Labute approximate surface area is 127 Å². The molecule has 1 rings (SSSR count). The van der Waals surface area contributed by atoms with E-state index in [1.165, 1.54) is 0 Å². The van der Waals surface area contributed by atoms with Crippen LogP contribution < -0.4 is 5.73 Å². The van der Waals surface area contributed by atoms with Crippen molar-refractivity contribution in [2.45, 2.75) is 31.6 Å². The zero-order valence-electron chi connectivity index (χ0n) is 11.8. The number of aliphatic hydroxyl groups is 1. The number of aliphatic hydroxyl groups excluding tert-OH is 1. The number of nitrogens with two attached hydrogens (primary N) is 1. The molecule has 120 valence electrons. The van der Waals surface area contributed by atoms with Crippen molar-refractivity contribution >= 4 is 11.6 Å². The summed E-state index contributed by atoms with van der Waals surface area (Å²) in [6, 6.07) is 5.50. The molecule has 7 heteroatoms. The zero-order valence-corrected chi connectivity index (χ0v) is 12.5. The molecule has 0 aliphatic rings. The van der Waals surface area contributed by atoms with Crippen LogP contribution in [-0.2, 0) is 0 Å². The molecule has 2 unspecified atom stereocenters. The number of halogens is 4. The Kier molecular flexibility index (Phi) is 6.93. The van der Waals surface area contributed by atoms with Gasteiger partial charge in [0.05, 0.1) is 19.2 Å². The van der Waals surface area contributed by atoms with Gasteiger partial charge in [0.15, 0.2) is 0 Å². The van der Waals surface area contributed by atoms with Crippen LogP contribution in [0.25, 0.3) is 0 Å². The molecule has 1 aromatic rings. The predicted molar refractivity (Wildman–Crippen MR) is 77.2 cm³/mol. The molecular formula is C14H20ClF3N2O. The Bertz CT molecular complexity index is 442. The molecule has 21 heavy (non-hydrogen) atoms. The fraction of sp³-hybridized carbons (Fsp3) is 0.571. The topological polar surface area (TPSA) is 49.5 Å². The Morgan fingerprint density at radius 2 is 1.95 bits per heavy atom. The van der Waals surface area contributed by atoms with Crippen molar-refractivity contribution in [1.29, 1.82) is 0 Å². The van der Waals surface area contributed by atoms with E-state index in [-0.39, 0.29) is 13.2 Å². The lowest BCUT2D eigenvalue weighted by molar-refractivity contribution is -0.153. The smallest absolute Gasteiger partial charge is 0.395 e. The van der Waals surface area contributed by atoms with Gasteiger partial charge < -0.3 is 10.8 Å². The zero-order chi connectivity index (χ0) is 16.0. The second-order valence-corrected chi connectivity index (χ2v) is 5.25. The second kappa shape index (κ2) is 7.98. The summed E-state index contributed by atoms with van der Waals surface area (Å²) in [6.45, 7) is 0.160. The molecule has 3 nitrogen and oxygen atoms in total. The highest BCUT2D eigenvalue weighted by atomic mass is 35.5. The van der Waals surface area contributed by atoms with E-state index in [1.807, 2.05) is 0 Å². The lowest BCUT2D eigenvalue weighted by atomic mass is 9.96. The van der Waals surface area contributed by atoms with Crippen LogP contribution in [0.15, 0.2) is 24.3 Å². The van der Waals surface area contributed by atoms with Crippen molar-refractivity contribution in [3.63, 3.8) is 0 Å². The molecule has 0 aliphatic carbocycles. The molecule has 0 bridgehead atoms. The van der Waals surface area contributed by atoms with Gasteiger partial charge in [-0.2, -0.15) is 13.2 Å². The highest BCUT2D eigenvalue weighted by Gasteiger charge is 2.36. The van der Waals surface area contributed by atoms with Gasteiger partial charge >= 0.3 is 6.18 Å². The second-order valence-electron chi connectivity index (χ2n) is 4.85. The molecule has 0 saturated heterocycles. The number of hydrogen-bond acceptors (Lipinski definition) is 3. The maximum atomic E-state index is 12.8. The van der Waals surface area contributed by atoms with Crippen molar-refractivity contribution in [2.24, 2.45) is 5.73 Å². The molecule has 0 aromatic heterocycles. The van der Waals surface area contributed by atoms with E-state index in [0.717, 1.165) is 4.90 Å². The minimum atomic E-state index is -4.37. The molecule has 0 fully saturated rings. The molecule has 3 N–H and O–H groups in total. The van der Waals surface area contributed by atoms with Gasteiger partial charge in [-0.1, -0.05) is 36.7 Å². The molecule has 0 spiro atoms. The van der Waals surface area contributed by atoms with Gasteiger partial charge in [-0.15, -0.1) is 0 Å². The summed E-state index contributed by atoms with van der Waals surface area (Å²) < 4.78 is 38.3. The molecule has 0 saturated carbocycles. The first-order chi connectivity index (χ1) is 9.80. The molecule has 0 radical (unpaired) electrons. The van der Waals surface area contributed by atoms with Crippen LogP contribution in [-0.4, -0.2) is 41.9 Å². The fourth-order valence-electron chi connectivity index (χ4n) is 2.31. The SMILES string of the molecule is CCC(N)C(c1ccccc1Cl)N(CCO)CC(F)(F)F. The number of hydrogen-bond donors (Lipinski definition) is 2. The number of nitrogens with zero attached hydrogens (tertiary/aromatic N) is 1. The summed E-state index contributed by atoms with van der Waals surface area (Å²) in [6.07, 6.45) is -3.88. The lowest BCUT2D eigenvalue weighted by Crippen LogP contribution is -2.46. The van der Waals surface area contributed by atoms with Gasteiger partial charge in [0.25, 0.3) is 0 Å². The molecule has 0 amide bonds. The van der Waals surface area contributed by atoms with E-state index in [9.17, 15) is 13.2 Å². The van der Waals surface area contributed by atoms with Crippen molar-refractivity contribution in [1.82, 2.24) is 4.90 Å². The van der Waals surface area contributed by atoms with E-state index in [4.69, 9.17) is 22.4 Å². The third-order valence-corrected chi connectivity index (χ3v) is 3.61. The minimum Gasteiger partial charge on any atom is -0.395 e. The van der Waals surface area contributed by atoms with Crippen LogP contribution in [0.2, 0.25) is 5.02 Å². The normalized spacial score (nSPS) is 15.2. The van der Waals surface area contributed by atoms with Crippen LogP contribution in [0.5, 0.6) is 0 Å².